The van der Waals surface area contributed by atoms with Gasteiger partial charge in [0.25, 0.3) is 0 Å². The Kier molecular flexibility index (Phi) is 4.99. The maximum absolute atomic E-state index is 11.4. The maximum Gasteiger partial charge on any atom is 0.433 e. The monoisotopic (exact) mass is 284 g/mol. The summed E-state index contributed by atoms with van der Waals surface area (Å²) in [6, 6.07) is 0. The summed E-state index contributed by atoms with van der Waals surface area (Å²) in [7, 11) is 1.68. The SMILES string of the molecule is C=S(C)c1nnc(CC=NC(=O)OC(C)(C)C)n1C. The Morgan fingerprint density at radius 1 is 1.53 bits per heavy atom. The lowest BCUT2D eigenvalue weighted by molar-refractivity contribution is 0.0605. The zero-order valence-corrected chi connectivity index (χ0v) is 12.8. The van der Waals surface area contributed by atoms with E-state index in [9.17, 15) is 4.79 Å². The molecule has 0 bridgehead atoms. The Balaban J connectivity index is 2.62. The Bertz CT molecular complexity index is 514. The standard InChI is InChI=1S/C12H20N4O2S/c1-12(2,3)18-11(17)13-8-7-9-14-15-10(16(9)4)19(5)6/h8H,5,7H2,1-4,6H3. The van der Waals surface area contributed by atoms with Crippen molar-refractivity contribution in [1.29, 1.82) is 0 Å². The van der Waals surface area contributed by atoms with E-state index in [4.69, 9.17) is 4.74 Å². The lowest BCUT2D eigenvalue weighted by Crippen LogP contribution is -2.22. The fourth-order valence-corrected chi connectivity index (χ4v) is 2.07. The first-order chi connectivity index (χ1) is 8.70. The Labute approximate surface area is 115 Å². The van der Waals surface area contributed by atoms with E-state index in [0.29, 0.717) is 6.42 Å². The second-order valence-corrected chi connectivity index (χ2v) is 6.73. The van der Waals surface area contributed by atoms with Gasteiger partial charge in [-0.2, -0.15) is 4.99 Å². The number of aliphatic imine (C=N–C) groups is 1. The van der Waals surface area contributed by atoms with Gasteiger partial charge < -0.3 is 9.30 Å². The first kappa shape index (κ1) is 15.6. The molecule has 0 fully saturated rings. The first-order valence-corrected chi connectivity index (χ1v) is 7.60. The third kappa shape index (κ3) is 4.94. The quantitative estimate of drug-likeness (QED) is 0.629. The van der Waals surface area contributed by atoms with Crippen LogP contribution in [-0.2, 0) is 18.2 Å². The van der Waals surface area contributed by atoms with Gasteiger partial charge >= 0.3 is 6.09 Å². The van der Waals surface area contributed by atoms with Gasteiger partial charge in [-0.25, -0.2) is 4.79 Å². The minimum absolute atomic E-state index is 0.194. The molecule has 19 heavy (non-hydrogen) atoms. The largest absolute Gasteiger partial charge is 0.442 e. The molecule has 0 aliphatic carbocycles. The molecule has 0 radical (unpaired) electrons. The number of ether oxygens (including phenoxy) is 1. The van der Waals surface area contributed by atoms with Gasteiger partial charge in [0.2, 0.25) is 0 Å². The second-order valence-electron chi connectivity index (χ2n) is 5.09. The molecule has 7 heteroatoms. The predicted octanol–water partition coefficient (Wildman–Crippen LogP) is 2.05. The molecule has 6 nitrogen and oxygen atoms in total. The number of hydrogen-bond donors (Lipinski definition) is 0. The number of carbonyl (C=O) groups is 1. The summed E-state index contributed by atoms with van der Waals surface area (Å²) in [5, 5.41) is 8.94. The van der Waals surface area contributed by atoms with Crippen molar-refractivity contribution in [2.75, 3.05) is 6.26 Å². The third-order valence-electron chi connectivity index (χ3n) is 2.10. The van der Waals surface area contributed by atoms with Gasteiger partial charge in [-0.3, -0.25) is 0 Å². The van der Waals surface area contributed by atoms with Gasteiger partial charge in [0.15, 0.2) is 5.16 Å². The van der Waals surface area contributed by atoms with Crippen LogP contribution in [0.25, 0.3) is 0 Å². The van der Waals surface area contributed by atoms with Crippen LogP contribution >= 0.6 is 10.5 Å². The van der Waals surface area contributed by atoms with Crippen molar-refractivity contribution in [2.24, 2.45) is 12.0 Å². The fraction of sp³-hybridized carbons (Fsp3) is 0.583. The predicted molar refractivity (Wildman–Crippen MR) is 78.3 cm³/mol. The van der Waals surface area contributed by atoms with Crippen molar-refractivity contribution in [2.45, 2.75) is 37.9 Å². The Morgan fingerprint density at radius 3 is 2.63 bits per heavy atom. The molecule has 0 aromatic carbocycles. The minimum atomic E-state index is -0.595. The van der Waals surface area contributed by atoms with Crippen LogP contribution in [0.3, 0.4) is 0 Å². The molecule has 1 aromatic rings. The molecule has 106 valence electrons. The van der Waals surface area contributed by atoms with Crippen molar-refractivity contribution in [1.82, 2.24) is 14.8 Å². The van der Waals surface area contributed by atoms with Crippen LogP contribution in [0.15, 0.2) is 10.1 Å². The van der Waals surface area contributed by atoms with E-state index < -0.39 is 11.7 Å². The van der Waals surface area contributed by atoms with E-state index >= 15 is 0 Å². The highest BCUT2D eigenvalue weighted by Gasteiger charge is 2.15. The van der Waals surface area contributed by atoms with Crippen molar-refractivity contribution in [3.05, 3.63) is 5.82 Å². The van der Waals surface area contributed by atoms with E-state index in [1.807, 2.05) is 17.9 Å². The maximum atomic E-state index is 11.4. The normalized spacial score (nSPS) is 13.7. The van der Waals surface area contributed by atoms with Gasteiger partial charge in [0.05, 0.1) is 0 Å². The summed E-state index contributed by atoms with van der Waals surface area (Å²) in [6.45, 7) is 5.39. The van der Waals surface area contributed by atoms with Gasteiger partial charge in [-0.15, -0.1) is 20.7 Å². The summed E-state index contributed by atoms with van der Waals surface area (Å²) in [6.07, 6.45) is 3.30. The number of hydrogen-bond acceptors (Lipinski definition) is 4. The molecule has 1 aromatic heterocycles. The molecule has 0 N–H and O–H groups in total. The molecule has 0 aliphatic heterocycles. The molecule has 1 rings (SSSR count). The molecule has 0 saturated carbocycles. The van der Waals surface area contributed by atoms with E-state index in [2.05, 4.69) is 21.1 Å². The molecular formula is C12H20N4O2S. The smallest absolute Gasteiger partial charge is 0.433 e. The molecule has 0 saturated heterocycles. The van der Waals surface area contributed by atoms with Crippen molar-refractivity contribution in [3.63, 3.8) is 0 Å². The van der Waals surface area contributed by atoms with E-state index in [-0.39, 0.29) is 10.5 Å². The summed E-state index contributed by atoms with van der Waals surface area (Å²) in [4.78, 5) is 15.1. The zero-order valence-electron chi connectivity index (χ0n) is 12.0. The molecule has 1 heterocycles. The van der Waals surface area contributed by atoms with E-state index in [1.165, 1.54) is 6.21 Å². The number of rotatable bonds is 3. The highest BCUT2D eigenvalue weighted by atomic mass is 32.2. The summed E-state index contributed by atoms with van der Waals surface area (Å²) in [5.41, 5.74) is -0.531. The number of aromatic nitrogens is 3. The summed E-state index contributed by atoms with van der Waals surface area (Å²) in [5.74, 6) is 4.67. The summed E-state index contributed by atoms with van der Waals surface area (Å²) < 4.78 is 6.93. The average Bonchev–Trinajstić information content (AvgIpc) is 2.57. The number of carbonyl (C=O) groups excluding carboxylic acids is 1. The number of nitrogens with zero attached hydrogens (tertiary/aromatic N) is 4. The van der Waals surface area contributed by atoms with Crippen molar-refractivity contribution in [3.8, 4) is 0 Å². The fourth-order valence-electron chi connectivity index (χ4n) is 1.32. The van der Waals surface area contributed by atoms with Crippen LogP contribution in [0.5, 0.6) is 0 Å². The van der Waals surface area contributed by atoms with Gasteiger partial charge in [-0.05, 0) is 27.0 Å². The molecule has 1 unspecified atom stereocenters. The van der Waals surface area contributed by atoms with Gasteiger partial charge in [0.1, 0.15) is 11.4 Å². The van der Waals surface area contributed by atoms with Crippen LogP contribution in [0.4, 0.5) is 4.79 Å². The van der Waals surface area contributed by atoms with E-state index in [1.54, 1.807) is 20.8 Å². The molecule has 0 spiro atoms. The third-order valence-corrected chi connectivity index (χ3v) is 3.08. The second kappa shape index (κ2) is 6.10. The molecule has 1 amide bonds. The van der Waals surface area contributed by atoms with Crippen LogP contribution in [0.2, 0.25) is 0 Å². The highest BCUT2D eigenvalue weighted by molar-refractivity contribution is 8.13. The molecular weight excluding hydrogens is 264 g/mol. The van der Waals surface area contributed by atoms with Crippen LogP contribution in [0, 0.1) is 0 Å². The van der Waals surface area contributed by atoms with Crippen molar-refractivity contribution >= 4 is 28.7 Å². The Hall–Kier alpha value is -1.50. The molecule has 1 atom stereocenters. The number of amides is 1. The zero-order chi connectivity index (χ0) is 14.6. The Morgan fingerprint density at radius 2 is 2.16 bits per heavy atom. The van der Waals surface area contributed by atoms with Crippen LogP contribution < -0.4 is 0 Å². The lowest BCUT2D eigenvalue weighted by atomic mass is 10.2. The molecule has 0 aliphatic rings. The topological polar surface area (TPSA) is 69.4 Å². The van der Waals surface area contributed by atoms with Crippen LogP contribution in [-0.4, -0.2) is 44.8 Å². The van der Waals surface area contributed by atoms with Crippen molar-refractivity contribution < 1.29 is 9.53 Å². The minimum Gasteiger partial charge on any atom is -0.442 e. The highest BCUT2D eigenvalue weighted by Crippen LogP contribution is 2.17. The summed E-state index contributed by atoms with van der Waals surface area (Å²) >= 11 is 0. The van der Waals surface area contributed by atoms with Crippen LogP contribution in [0.1, 0.15) is 26.6 Å². The first-order valence-electron chi connectivity index (χ1n) is 5.80. The lowest BCUT2D eigenvalue weighted by Gasteiger charge is -2.16. The average molecular weight is 284 g/mol. The van der Waals surface area contributed by atoms with Gasteiger partial charge in [-0.1, -0.05) is 5.87 Å². The van der Waals surface area contributed by atoms with E-state index in [0.717, 1.165) is 11.0 Å². The van der Waals surface area contributed by atoms with Gasteiger partial charge in [0, 0.05) is 19.7 Å².